The number of aromatic nitrogens is 1. The Kier molecular flexibility index (Phi) is 3.67. The summed E-state index contributed by atoms with van der Waals surface area (Å²) in [6.07, 6.45) is 3.46. The first-order valence-electron chi connectivity index (χ1n) is 6.00. The lowest BCUT2D eigenvalue weighted by Crippen LogP contribution is -2.05. The van der Waals surface area contributed by atoms with Crippen LogP contribution in [0.2, 0.25) is 0 Å². The van der Waals surface area contributed by atoms with Crippen LogP contribution in [-0.4, -0.2) is 17.1 Å². The minimum Gasteiger partial charge on any atom is -0.462 e. The lowest BCUT2D eigenvalue weighted by Gasteiger charge is -1.98. The van der Waals surface area contributed by atoms with Gasteiger partial charge in [0.25, 0.3) is 0 Å². The first-order valence-corrected chi connectivity index (χ1v) is 6.00. The van der Waals surface area contributed by atoms with Crippen molar-refractivity contribution < 1.29 is 9.53 Å². The Morgan fingerprint density at radius 1 is 1.47 bits per heavy atom. The van der Waals surface area contributed by atoms with Gasteiger partial charge in [-0.2, -0.15) is 5.26 Å². The van der Waals surface area contributed by atoms with Crippen molar-refractivity contribution in [2.24, 2.45) is 7.05 Å². The van der Waals surface area contributed by atoms with Crippen molar-refractivity contribution in [3.05, 3.63) is 41.6 Å². The fraction of sp³-hybridized carbons (Fsp3) is 0.200. The van der Waals surface area contributed by atoms with Crippen LogP contribution in [0.3, 0.4) is 0 Å². The Balaban J connectivity index is 2.50. The van der Waals surface area contributed by atoms with Crippen molar-refractivity contribution in [1.82, 2.24) is 4.57 Å². The molecule has 96 valence electrons. The van der Waals surface area contributed by atoms with Gasteiger partial charge in [-0.25, -0.2) is 4.79 Å². The van der Waals surface area contributed by atoms with Crippen LogP contribution in [0.5, 0.6) is 0 Å². The van der Waals surface area contributed by atoms with Gasteiger partial charge in [-0.15, -0.1) is 0 Å². The molecule has 0 radical (unpaired) electrons. The zero-order valence-corrected chi connectivity index (χ0v) is 10.9. The van der Waals surface area contributed by atoms with E-state index in [1.165, 1.54) is 0 Å². The minimum atomic E-state index is -0.585. The molecule has 0 aliphatic carbocycles. The Morgan fingerprint density at radius 3 is 2.89 bits per heavy atom. The summed E-state index contributed by atoms with van der Waals surface area (Å²) in [5.74, 6) is -0.585. The van der Waals surface area contributed by atoms with Gasteiger partial charge < -0.3 is 9.30 Å². The molecule has 0 saturated carbocycles. The summed E-state index contributed by atoms with van der Waals surface area (Å²) >= 11 is 0. The van der Waals surface area contributed by atoms with Crippen molar-refractivity contribution in [2.45, 2.75) is 6.92 Å². The fourth-order valence-electron chi connectivity index (χ4n) is 1.99. The van der Waals surface area contributed by atoms with Gasteiger partial charge in [0.15, 0.2) is 0 Å². The molecule has 0 aliphatic heterocycles. The van der Waals surface area contributed by atoms with Gasteiger partial charge in [-0.05, 0) is 19.1 Å². The van der Waals surface area contributed by atoms with E-state index in [-0.39, 0.29) is 12.2 Å². The van der Waals surface area contributed by atoms with E-state index >= 15 is 0 Å². The van der Waals surface area contributed by atoms with Crippen molar-refractivity contribution in [2.75, 3.05) is 6.61 Å². The van der Waals surface area contributed by atoms with E-state index < -0.39 is 5.97 Å². The van der Waals surface area contributed by atoms with Crippen LogP contribution in [0.4, 0.5) is 0 Å². The number of esters is 1. The SMILES string of the molecule is CCOC(=O)/C(C#N)=C\c1cn(C)c2ccccc12. The Morgan fingerprint density at radius 2 is 2.21 bits per heavy atom. The molecule has 0 unspecified atom stereocenters. The van der Waals surface area contributed by atoms with Gasteiger partial charge >= 0.3 is 5.97 Å². The number of ether oxygens (including phenoxy) is 1. The highest BCUT2D eigenvalue weighted by atomic mass is 16.5. The number of nitriles is 1. The molecule has 0 bridgehead atoms. The molecular weight excluding hydrogens is 240 g/mol. The predicted octanol–water partition coefficient (Wildman–Crippen LogP) is 2.65. The topological polar surface area (TPSA) is 55.0 Å². The minimum absolute atomic E-state index is 0.0122. The zero-order valence-electron chi connectivity index (χ0n) is 10.9. The third-order valence-corrected chi connectivity index (χ3v) is 2.84. The van der Waals surface area contributed by atoms with E-state index in [0.29, 0.717) is 0 Å². The standard InChI is InChI=1S/C15H14N2O2/c1-3-19-15(18)11(9-16)8-12-10-17(2)14-7-5-4-6-13(12)14/h4-8,10H,3H2,1-2H3/b11-8-. The average molecular weight is 254 g/mol. The first kappa shape index (κ1) is 12.9. The molecule has 1 aromatic heterocycles. The van der Waals surface area contributed by atoms with E-state index in [9.17, 15) is 4.79 Å². The van der Waals surface area contributed by atoms with Crippen LogP contribution in [0.15, 0.2) is 36.0 Å². The highest BCUT2D eigenvalue weighted by Crippen LogP contribution is 2.22. The monoisotopic (exact) mass is 254 g/mol. The third kappa shape index (κ3) is 2.50. The van der Waals surface area contributed by atoms with E-state index in [2.05, 4.69) is 0 Å². The quantitative estimate of drug-likeness (QED) is 0.480. The number of hydrogen-bond donors (Lipinski definition) is 0. The molecule has 0 fully saturated rings. The van der Waals surface area contributed by atoms with Gasteiger partial charge in [0.1, 0.15) is 11.6 Å². The van der Waals surface area contributed by atoms with Gasteiger partial charge in [-0.1, -0.05) is 18.2 Å². The van der Waals surface area contributed by atoms with E-state index in [4.69, 9.17) is 10.00 Å². The Hall–Kier alpha value is -2.54. The second-order valence-electron chi connectivity index (χ2n) is 4.10. The van der Waals surface area contributed by atoms with Gasteiger partial charge in [0, 0.05) is 29.7 Å². The van der Waals surface area contributed by atoms with E-state index in [1.54, 1.807) is 13.0 Å². The smallest absolute Gasteiger partial charge is 0.348 e. The average Bonchev–Trinajstić information content (AvgIpc) is 2.73. The second kappa shape index (κ2) is 5.40. The first-order chi connectivity index (χ1) is 9.17. The van der Waals surface area contributed by atoms with Gasteiger partial charge in [0.05, 0.1) is 6.61 Å². The second-order valence-corrected chi connectivity index (χ2v) is 4.10. The molecule has 0 N–H and O–H groups in total. The van der Waals surface area contributed by atoms with Crippen molar-refractivity contribution in [1.29, 1.82) is 5.26 Å². The van der Waals surface area contributed by atoms with Crippen LogP contribution < -0.4 is 0 Å². The van der Waals surface area contributed by atoms with Crippen molar-refractivity contribution in [3.8, 4) is 6.07 Å². The van der Waals surface area contributed by atoms with Crippen LogP contribution in [0.25, 0.3) is 17.0 Å². The van der Waals surface area contributed by atoms with Crippen LogP contribution >= 0.6 is 0 Å². The molecule has 1 heterocycles. The number of aryl methyl sites for hydroxylation is 1. The number of carbonyl (C=O) groups is 1. The molecule has 0 saturated heterocycles. The van der Waals surface area contributed by atoms with Gasteiger partial charge in [0.2, 0.25) is 0 Å². The molecule has 4 nitrogen and oxygen atoms in total. The number of benzene rings is 1. The number of fused-ring (bicyclic) bond motifs is 1. The van der Waals surface area contributed by atoms with Crippen LogP contribution in [0, 0.1) is 11.3 Å². The number of rotatable bonds is 3. The summed E-state index contributed by atoms with van der Waals surface area (Å²) in [4.78, 5) is 11.6. The summed E-state index contributed by atoms with van der Waals surface area (Å²) in [6.45, 7) is 1.97. The lowest BCUT2D eigenvalue weighted by molar-refractivity contribution is -0.137. The number of para-hydroxylation sites is 1. The molecular formula is C15H14N2O2. The summed E-state index contributed by atoms with van der Waals surface area (Å²) < 4.78 is 6.81. The maximum atomic E-state index is 11.6. The highest BCUT2D eigenvalue weighted by molar-refractivity contribution is 6.01. The van der Waals surface area contributed by atoms with Crippen molar-refractivity contribution in [3.63, 3.8) is 0 Å². The maximum Gasteiger partial charge on any atom is 0.348 e. The molecule has 19 heavy (non-hydrogen) atoms. The highest BCUT2D eigenvalue weighted by Gasteiger charge is 2.12. The predicted molar refractivity (Wildman–Crippen MR) is 73.1 cm³/mol. The fourth-order valence-corrected chi connectivity index (χ4v) is 1.99. The summed E-state index contributed by atoms with van der Waals surface area (Å²) in [7, 11) is 1.93. The summed E-state index contributed by atoms with van der Waals surface area (Å²) in [6, 6.07) is 9.71. The van der Waals surface area contributed by atoms with Crippen LogP contribution in [-0.2, 0) is 16.6 Å². The molecule has 1 aromatic carbocycles. The number of hydrogen-bond acceptors (Lipinski definition) is 3. The Bertz CT molecular complexity index is 690. The lowest BCUT2D eigenvalue weighted by atomic mass is 10.1. The number of carbonyl (C=O) groups excluding carboxylic acids is 1. The normalized spacial score (nSPS) is 11.3. The molecule has 0 aliphatic rings. The zero-order chi connectivity index (χ0) is 13.8. The van der Waals surface area contributed by atoms with Gasteiger partial charge in [-0.3, -0.25) is 0 Å². The van der Waals surface area contributed by atoms with Crippen molar-refractivity contribution >= 4 is 22.9 Å². The molecule has 0 spiro atoms. The third-order valence-electron chi connectivity index (χ3n) is 2.84. The van der Waals surface area contributed by atoms with E-state index in [0.717, 1.165) is 16.5 Å². The molecule has 0 atom stereocenters. The van der Waals surface area contributed by atoms with E-state index in [1.807, 2.05) is 48.1 Å². The largest absolute Gasteiger partial charge is 0.462 e. The molecule has 0 amide bonds. The molecule has 2 rings (SSSR count). The maximum absolute atomic E-state index is 11.6. The summed E-state index contributed by atoms with van der Waals surface area (Å²) in [5, 5.41) is 10.0. The Labute approximate surface area is 111 Å². The summed E-state index contributed by atoms with van der Waals surface area (Å²) in [5.41, 5.74) is 1.90. The molecule has 2 aromatic rings. The van der Waals surface area contributed by atoms with Crippen LogP contribution in [0.1, 0.15) is 12.5 Å². The molecule has 4 heteroatoms. The number of nitrogens with zero attached hydrogens (tertiary/aromatic N) is 2.